The summed E-state index contributed by atoms with van der Waals surface area (Å²) >= 11 is 1.19. The van der Waals surface area contributed by atoms with Crippen LogP contribution in [0.2, 0.25) is 0 Å². The summed E-state index contributed by atoms with van der Waals surface area (Å²) in [4.78, 5) is -0.130. The highest BCUT2D eigenvalue weighted by atomic mass is 32.2. The van der Waals surface area contributed by atoms with Gasteiger partial charge in [-0.1, -0.05) is 12.1 Å². The van der Waals surface area contributed by atoms with Crippen LogP contribution in [0.3, 0.4) is 0 Å². The highest BCUT2D eigenvalue weighted by Gasteiger charge is 2.37. The first kappa shape index (κ1) is 19.6. The van der Waals surface area contributed by atoms with Gasteiger partial charge in [-0.2, -0.15) is 13.2 Å². The maximum absolute atomic E-state index is 12.8. The van der Waals surface area contributed by atoms with E-state index < -0.39 is 38.8 Å². The minimum absolute atomic E-state index is 0.108. The van der Waals surface area contributed by atoms with E-state index in [9.17, 15) is 26.7 Å². The van der Waals surface area contributed by atoms with E-state index in [1.54, 1.807) is 17.5 Å². The first-order valence-corrected chi connectivity index (χ1v) is 9.96. The summed E-state index contributed by atoms with van der Waals surface area (Å²) in [6, 6.07) is 9.68. The Labute approximate surface area is 157 Å². The Kier molecular flexibility index (Phi) is 5.17. The van der Waals surface area contributed by atoms with Crippen LogP contribution in [-0.4, -0.2) is 20.1 Å². The molecule has 0 amide bonds. The van der Waals surface area contributed by atoms with Gasteiger partial charge in [0.1, 0.15) is 5.76 Å². The Balaban J connectivity index is 1.90. The number of furan rings is 1. The molecule has 0 spiro atoms. The maximum atomic E-state index is 12.8. The predicted molar refractivity (Wildman–Crippen MR) is 92.7 cm³/mol. The topological polar surface area (TPSA) is 79.5 Å². The molecule has 1 aromatic carbocycles. The Morgan fingerprint density at radius 3 is 2.48 bits per heavy atom. The number of nitrogens with one attached hydrogen (secondary N) is 1. The van der Waals surface area contributed by atoms with E-state index >= 15 is 0 Å². The second-order valence-corrected chi connectivity index (χ2v) is 8.38. The first-order valence-electron chi connectivity index (χ1n) is 7.60. The molecule has 0 aliphatic carbocycles. The third kappa shape index (κ3) is 4.08. The van der Waals surface area contributed by atoms with Crippen molar-refractivity contribution in [1.29, 1.82) is 0 Å². The Bertz CT molecular complexity index is 963. The minimum atomic E-state index is -4.67. The van der Waals surface area contributed by atoms with E-state index in [4.69, 9.17) is 4.42 Å². The van der Waals surface area contributed by atoms with Gasteiger partial charge < -0.3 is 9.52 Å². The van der Waals surface area contributed by atoms with Crippen LogP contribution in [0.1, 0.15) is 16.2 Å². The summed E-state index contributed by atoms with van der Waals surface area (Å²) in [6.45, 7) is -0.514. The van der Waals surface area contributed by atoms with Crippen LogP contribution < -0.4 is 4.72 Å². The van der Waals surface area contributed by atoms with E-state index in [0.29, 0.717) is 10.9 Å². The number of hydrogen-bond donors (Lipinski definition) is 2. The number of rotatable bonds is 6. The highest BCUT2D eigenvalue weighted by molar-refractivity contribution is 7.89. The molecule has 2 N–H and O–H groups in total. The van der Waals surface area contributed by atoms with Gasteiger partial charge in [-0.05, 0) is 41.8 Å². The van der Waals surface area contributed by atoms with Crippen molar-refractivity contribution in [2.45, 2.75) is 16.7 Å². The molecule has 0 aliphatic rings. The molecular formula is C17H14F3NO4S2. The van der Waals surface area contributed by atoms with Gasteiger partial charge >= 0.3 is 6.18 Å². The number of thiophene rings is 1. The van der Waals surface area contributed by atoms with Crippen molar-refractivity contribution in [3.63, 3.8) is 0 Å². The summed E-state index contributed by atoms with van der Waals surface area (Å²) in [5.74, 6) is 0.108. The molecule has 3 rings (SSSR count). The molecular weight excluding hydrogens is 403 g/mol. The third-order valence-corrected chi connectivity index (χ3v) is 6.27. The summed E-state index contributed by atoms with van der Waals surface area (Å²) in [6.07, 6.45) is -3.34. The van der Waals surface area contributed by atoms with Crippen LogP contribution in [0.5, 0.6) is 0 Å². The SMILES string of the molecule is O=S(=O)(NC[C@@](O)(c1ccco1)c1cccs1)c1cccc(C(F)(F)F)c1. The van der Waals surface area contributed by atoms with Crippen LogP contribution in [0.15, 0.2) is 69.5 Å². The van der Waals surface area contributed by atoms with E-state index in [1.165, 1.54) is 29.7 Å². The molecule has 2 heterocycles. The number of hydrogen-bond acceptors (Lipinski definition) is 5. The van der Waals surface area contributed by atoms with Gasteiger partial charge in [-0.3, -0.25) is 0 Å². The predicted octanol–water partition coefficient (Wildman–Crippen LogP) is 3.57. The van der Waals surface area contributed by atoms with Crippen molar-refractivity contribution in [1.82, 2.24) is 4.72 Å². The smallest absolute Gasteiger partial charge is 0.416 e. The molecule has 0 saturated heterocycles. The largest absolute Gasteiger partial charge is 0.466 e. The number of halogens is 3. The summed E-state index contributed by atoms with van der Waals surface area (Å²) in [7, 11) is -4.31. The third-order valence-electron chi connectivity index (χ3n) is 3.85. The summed E-state index contributed by atoms with van der Waals surface area (Å²) < 4.78 is 70.9. The van der Waals surface area contributed by atoms with Crippen molar-refractivity contribution < 1.29 is 31.1 Å². The van der Waals surface area contributed by atoms with Crippen LogP contribution in [0.25, 0.3) is 0 Å². The van der Waals surface area contributed by atoms with Crippen LogP contribution in [-0.2, 0) is 21.8 Å². The van der Waals surface area contributed by atoms with Gasteiger partial charge in [0.05, 0.1) is 23.3 Å². The lowest BCUT2D eigenvalue weighted by molar-refractivity contribution is -0.137. The second kappa shape index (κ2) is 7.12. The minimum Gasteiger partial charge on any atom is -0.466 e. The van der Waals surface area contributed by atoms with Gasteiger partial charge in [0.15, 0.2) is 5.60 Å². The van der Waals surface area contributed by atoms with E-state index in [0.717, 1.165) is 18.2 Å². The average Bonchev–Trinajstić information content (AvgIpc) is 3.33. The highest BCUT2D eigenvalue weighted by Crippen LogP contribution is 2.34. The second-order valence-electron chi connectivity index (χ2n) is 5.67. The molecule has 0 saturated carbocycles. The lowest BCUT2D eigenvalue weighted by Crippen LogP contribution is -2.41. The first-order chi connectivity index (χ1) is 12.6. The van der Waals surface area contributed by atoms with Gasteiger partial charge in [-0.25, -0.2) is 13.1 Å². The standard InChI is InChI=1S/C17H14F3NO4S2/c18-17(19,20)12-4-1-5-13(10-12)27(23,24)21-11-16(22,14-6-2-8-25-14)15-7-3-9-26-15/h1-10,21-22H,11H2/t16-/m1/s1. The van der Waals surface area contributed by atoms with E-state index in [1.807, 2.05) is 0 Å². The lowest BCUT2D eigenvalue weighted by atomic mass is 9.99. The van der Waals surface area contributed by atoms with Gasteiger partial charge in [0.2, 0.25) is 10.0 Å². The molecule has 3 aromatic rings. The molecule has 0 bridgehead atoms. The molecule has 0 fully saturated rings. The van der Waals surface area contributed by atoms with Crippen molar-refractivity contribution in [3.05, 3.63) is 76.4 Å². The molecule has 2 aromatic heterocycles. The van der Waals surface area contributed by atoms with E-state index in [-0.39, 0.29) is 5.76 Å². The number of aliphatic hydroxyl groups is 1. The van der Waals surface area contributed by atoms with Crippen LogP contribution >= 0.6 is 11.3 Å². The molecule has 27 heavy (non-hydrogen) atoms. The van der Waals surface area contributed by atoms with Crippen molar-refractivity contribution in [2.75, 3.05) is 6.54 Å². The summed E-state index contributed by atoms with van der Waals surface area (Å²) in [5.41, 5.74) is -2.88. The molecule has 0 unspecified atom stereocenters. The van der Waals surface area contributed by atoms with E-state index in [2.05, 4.69) is 4.72 Å². The fourth-order valence-corrected chi connectivity index (χ4v) is 4.38. The number of benzene rings is 1. The quantitative estimate of drug-likeness (QED) is 0.643. The van der Waals surface area contributed by atoms with Crippen LogP contribution in [0.4, 0.5) is 13.2 Å². The Morgan fingerprint density at radius 2 is 1.89 bits per heavy atom. The monoisotopic (exact) mass is 417 g/mol. The average molecular weight is 417 g/mol. The maximum Gasteiger partial charge on any atom is 0.416 e. The molecule has 10 heteroatoms. The normalized spacial score (nSPS) is 14.8. The zero-order chi connectivity index (χ0) is 19.7. The molecule has 0 aliphatic heterocycles. The molecule has 0 radical (unpaired) electrons. The fourth-order valence-electron chi connectivity index (χ4n) is 2.45. The Morgan fingerprint density at radius 1 is 1.11 bits per heavy atom. The molecule has 1 atom stereocenters. The number of alkyl halides is 3. The summed E-state index contributed by atoms with van der Waals surface area (Å²) in [5, 5.41) is 12.7. The van der Waals surface area contributed by atoms with Gasteiger partial charge in [-0.15, -0.1) is 11.3 Å². The van der Waals surface area contributed by atoms with Crippen molar-refractivity contribution >= 4 is 21.4 Å². The van der Waals surface area contributed by atoms with Crippen molar-refractivity contribution in [2.24, 2.45) is 0 Å². The molecule has 5 nitrogen and oxygen atoms in total. The van der Waals surface area contributed by atoms with Gasteiger partial charge in [0, 0.05) is 4.88 Å². The van der Waals surface area contributed by atoms with Crippen molar-refractivity contribution in [3.8, 4) is 0 Å². The Hall–Kier alpha value is -2.14. The van der Waals surface area contributed by atoms with Crippen LogP contribution in [0, 0.1) is 0 Å². The molecule has 144 valence electrons. The zero-order valence-corrected chi connectivity index (χ0v) is 15.2. The fraction of sp³-hybridized carbons (Fsp3) is 0.176. The lowest BCUT2D eigenvalue weighted by Gasteiger charge is -2.25. The zero-order valence-electron chi connectivity index (χ0n) is 13.6. The van der Waals surface area contributed by atoms with Gasteiger partial charge in [0.25, 0.3) is 0 Å². The number of sulfonamides is 1.